The van der Waals surface area contributed by atoms with E-state index in [0.717, 1.165) is 24.6 Å². The topological polar surface area (TPSA) is 33.7 Å². The van der Waals surface area contributed by atoms with Gasteiger partial charge in [0.25, 0.3) is 0 Å². The number of rotatable bonds is 3. The van der Waals surface area contributed by atoms with Gasteiger partial charge < -0.3 is 14.4 Å². The lowest BCUT2D eigenvalue weighted by atomic mass is 9.69. The molecule has 3 aliphatic rings. The van der Waals surface area contributed by atoms with Crippen LogP contribution < -0.4 is 14.8 Å². The van der Waals surface area contributed by atoms with Crippen LogP contribution >= 0.6 is 11.8 Å². The second-order valence-electron chi connectivity index (χ2n) is 7.02. The molecule has 4 rings (SSSR count). The third-order valence-electron chi connectivity index (χ3n) is 5.89. The predicted octanol–water partition coefficient (Wildman–Crippen LogP) is 2.99. The summed E-state index contributed by atoms with van der Waals surface area (Å²) in [4.78, 5) is 2.59. The van der Waals surface area contributed by atoms with Crippen molar-refractivity contribution in [2.45, 2.75) is 29.5 Å². The van der Waals surface area contributed by atoms with Gasteiger partial charge in [0, 0.05) is 37.0 Å². The third kappa shape index (κ3) is 2.32. The van der Waals surface area contributed by atoms with E-state index in [4.69, 9.17) is 9.47 Å². The smallest absolute Gasteiger partial charge is 0.161 e. The average Bonchev–Trinajstić information content (AvgIpc) is 3.21. The molecule has 4 nitrogen and oxygen atoms in total. The van der Waals surface area contributed by atoms with Gasteiger partial charge in [-0.15, -0.1) is 11.8 Å². The normalized spacial score (nSPS) is 32.0. The minimum Gasteiger partial charge on any atom is -0.493 e. The van der Waals surface area contributed by atoms with Gasteiger partial charge in [0.05, 0.1) is 19.1 Å². The van der Waals surface area contributed by atoms with Crippen LogP contribution in [0.15, 0.2) is 30.0 Å². The molecule has 1 aromatic carbocycles. The summed E-state index contributed by atoms with van der Waals surface area (Å²) < 4.78 is 11.0. The molecule has 0 saturated carbocycles. The van der Waals surface area contributed by atoms with Gasteiger partial charge in [-0.2, -0.15) is 0 Å². The molecular formula is C19H26N2O2S. The SMILES string of the molecule is COc1ccc([C@]23CCN(C)C2=CC2(CC3)NCCS2)cc1OC. The Bertz CT molecular complexity index is 669. The Morgan fingerprint density at radius 1 is 1.12 bits per heavy atom. The summed E-state index contributed by atoms with van der Waals surface area (Å²) in [5.74, 6) is 2.83. The van der Waals surface area contributed by atoms with Crippen LogP contribution in [0.4, 0.5) is 0 Å². The van der Waals surface area contributed by atoms with E-state index in [0.29, 0.717) is 0 Å². The van der Waals surface area contributed by atoms with E-state index < -0.39 is 0 Å². The Labute approximate surface area is 148 Å². The predicted molar refractivity (Wildman–Crippen MR) is 99.0 cm³/mol. The van der Waals surface area contributed by atoms with Crippen molar-refractivity contribution in [1.29, 1.82) is 0 Å². The van der Waals surface area contributed by atoms with Gasteiger partial charge in [0.1, 0.15) is 0 Å². The lowest BCUT2D eigenvalue weighted by molar-refractivity contribution is 0.346. The van der Waals surface area contributed by atoms with Crippen molar-refractivity contribution in [3.63, 3.8) is 0 Å². The molecule has 2 fully saturated rings. The number of methoxy groups -OCH3 is 2. The first-order valence-electron chi connectivity index (χ1n) is 8.68. The first-order chi connectivity index (χ1) is 11.6. The Morgan fingerprint density at radius 3 is 2.67 bits per heavy atom. The number of ether oxygens (including phenoxy) is 2. The lowest BCUT2D eigenvalue weighted by Crippen LogP contribution is -2.44. The number of nitrogens with zero attached hydrogens (tertiary/aromatic N) is 1. The largest absolute Gasteiger partial charge is 0.493 e. The van der Waals surface area contributed by atoms with Gasteiger partial charge in [-0.3, -0.25) is 5.32 Å². The van der Waals surface area contributed by atoms with Crippen molar-refractivity contribution in [3.8, 4) is 11.5 Å². The van der Waals surface area contributed by atoms with E-state index in [2.05, 4.69) is 47.2 Å². The molecule has 1 N–H and O–H groups in total. The number of benzene rings is 1. The minimum absolute atomic E-state index is 0.115. The Balaban J connectivity index is 1.79. The van der Waals surface area contributed by atoms with Crippen LogP contribution in [0, 0.1) is 0 Å². The quantitative estimate of drug-likeness (QED) is 0.910. The monoisotopic (exact) mass is 346 g/mol. The molecule has 1 unspecified atom stereocenters. The molecule has 1 aromatic rings. The number of fused-ring (bicyclic) bond motifs is 1. The summed E-state index contributed by atoms with van der Waals surface area (Å²) in [6.07, 6.45) is 6.05. The van der Waals surface area contributed by atoms with Crippen molar-refractivity contribution in [2.75, 3.05) is 40.1 Å². The molecule has 2 atom stereocenters. The fourth-order valence-electron chi connectivity index (χ4n) is 4.54. The summed E-state index contributed by atoms with van der Waals surface area (Å²) in [6, 6.07) is 6.45. The molecule has 130 valence electrons. The summed E-state index contributed by atoms with van der Waals surface area (Å²) in [5, 5.41) is 3.73. The fourth-order valence-corrected chi connectivity index (χ4v) is 5.75. The molecule has 0 bridgehead atoms. The van der Waals surface area contributed by atoms with E-state index in [1.165, 1.54) is 36.3 Å². The lowest BCUT2D eigenvalue weighted by Gasteiger charge is -2.42. The molecule has 1 spiro atoms. The highest BCUT2D eigenvalue weighted by Gasteiger charge is 2.50. The molecule has 0 aromatic heterocycles. The van der Waals surface area contributed by atoms with Crippen LogP contribution in [0.5, 0.6) is 11.5 Å². The van der Waals surface area contributed by atoms with Gasteiger partial charge in [-0.05, 0) is 43.0 Å². The van der Waals surface area contributed by atoms with Crippen LogP contribution in [0.3, 0.4) is 0 Å². The van der Waals surface area contributed by atoms with Gasteiger partial charge in [-0.1, -0.05) is 6.07 Å². The number of allylic oxidation sites excluding steroid dienone is 1. The van der Waals surface area contributed by atoms with Gasteiger partial charge in [0.15, 0.2) is 11.5 Å². The number of likely N-dealkylation sites (N-methyl/N-ethyl adjacent to an activating group) is 1. The zero-order chi connectivity index (χ0) is 16.8. The standard InChI is InChI=1S/C19H26N2O2S/c1-21-10-8-18(14-4-5-15(22-2)16(12-14)23-3)6-7-19(13-17(18)21)20-9-11-24-19/h4-5,12-13,20H,6-11H2,1-3H3/t18-,19?/m0/s1. The Morgan fingerprint density at radius 2 is 1.96 bits per heavy atom. The fraction of sp³-hybridized carbons (Fsp3) is 0.579. The number of nitrogens with one attached hydrogen (secondary N) is 1. The molecule has 24 heavy (non-hydrogen) atoms. The number of thioether (sulfide) groups is 1. The second-order valence-corrected chi connectivity index (χ2v) is 8.44. The van der Waals surface area contributed by atoms with Gasteiger partial charge in [-0.25, -0.2) is 0 Å². The highest BCUT2D eigenvalue weighted by molar-refractivity contribution is 8.01. The average molecular weight is 346 g/mol. The molecule has 5 heteroatoms. The van der Waals surface area contributed by atoms with Crippen molar-refractivity contribution < 1.29 is 9.47 Å². The summed E-state index contributed by atoms with van der Waals surface area (Å²) in [7, 11) is 5.64. The third-order valence-corrected chi connectivity index (χ3v) is 7.28. The van der Waals surface area contributed by atoms with Crippen LogP contribution in [0.2, 0.25) is 0 Å². The van der Waals surface area contributed by atoms with Crippen molar-refractivity contribution >= 4 is 11.8 Å². The zero-order valence-electron chi connectivity index (χ0n) is 14.7. The maximum absolute atomic E-state index is 5.56. The van der Waals surface area contributed by atoms with Crippen LogP contribution in [-0.2, 0) is 5.41 Å². The first-order valence-corrected chi connectivity index (χ1v) is 9.67. The Kier molecular flexibility index (Phi) is 3.96. The maximum atomic E-state index is 5.56. The van der Waals surface area contributed by atoms with Crippen molar-refractivity contribution in [2.24, 2.45) is 0 Å². The van der Waals surface area contributed by atoms with Crippen molar-refractivity contribution in [1.82, 2.24) is 10.2 Å². The molecule has 0 amide bonds. The number of hydrogen-bond acceptors (Lipinski definition) is 5. The van der Waals surface area contributed by atoms with E-state index in [1.54, 1.807) is 14.2 Å². The number of likely N-dealkylation sites (tertiary alicyclic amines) is 1. The Hall–Kier alpha value is -1.33. The number of hydrogen-bond donors (Lipinski definition) is 1. The zero-order valence-corrected chi connectivity index (χ0v) is 15.5. The highest BCUT2D eigenvalue weighted by Crippen LogP contribution is 2.54. The summed E-state index contributed by atoms with van der Waals surface area (Å²) in [6.45, 7) is 2.22. The van der Waals surface area contributed by atoms with E-state index in [1.807, 2.05) is 6.07 Å². The minimum atomic E-state index is 0.115. The van der Waals surface area contributed by atoms with Gasteiger partial charge in [0.2, 0.25) is 0 Å². The molecule has 0 radical (unpaired) electrons. The van der Waals surface area contributed by atoms with Crippen LogP contribution in [0.25, 0.3) is 0 Å². The second kappa shape index (κ2) is 5.88. The molecular weight excluding hydrogens is 320 g/mol. The highest BCUT2D eigenvalue weighted by atomic mass is 32.2. The summed E-state index contributed by atoms with van der Waals surface area (Å²) >= 11 is 2.07. The first kappa shape index (κ1) is 16.2. The van der Waals surface area contributed by atoms with Crippen LogP contribution in [0.1, 0.15) is 24.8 Å². The maximum Gasteiger partial charge on any atom is 0.161 e. The van der Waals surface area contributed by atoms with Gasteiger partial charge >= 0.3 is 0 Å². The molecule has 2 aliphatic heterocycles. The van der Waals surface area contributed by atoms with E-state index in [-0.39, 0.29) is 10.3 Å². The van der Waals surface area contributed by atoms with Crippen LogP contribution in [-0.4, -0.2) is 49.9 Å². The van der Waals surface area contributed by atoms with E-state index in [9.17, 15) is 0 Å². The molecule has 2 heterocycles. The van der Waals surface area contributed by atoms with E-state index >= 15 is 0 Å². The molecule has 2 saturated heterocycles. The summed E-state index contributed by atoms with van der Waals surface area (Å²) in [5.41, 5.74) is 2.95. The van der Waals surface area contributed by atoms with Crippen molar-refractivity contribution in [3.05, 3.63) is 35.5 Å². The molecule has 1 aliphatic carbocycles.